The first kappa shape index (κ1) is 25.6. The normalized spacial score (nSPS) is 13.0. The highest BCUT2D eigenvalue weighted by Gasteiger charge is 2.21. The number of furan rings is 2. The molecule has 0 saturated heterocycles. The van der Waals surface area contributed by atoms with Gasteiger partial charge in [0, 0.05) is 55.3 Å². The number of hydrogen-bond donors (Lipinski definition) is 1. The Labute approximate surface area is 318 Å². The minimum atomic E-state index is -0.428. The van der Waals surface area contributed by atoms with Crippen LogP contribution in [-0.2, 0) is 0 Å². The quantitative estimate of drug-likeness (QED) is 0.188. The number of benzene rings is 8. The van der Waals surface area contributed by atoms with Gasteiger partial charge >= 0.3 is 0 Å². The second-order valence-corrected chi connectivity index (χ2v) is 13.4. The van der Waals surface area contributed by atoms with Crippen molar-refractivity contribution < 1.29 is 15.7 Å². The maximum Gasteiger partial charge on any atom is 0.161 e. The van der Waals surface area contributed by atoms with E-state index in [-0.39, 0.29) is 29.7 Å². The molecule has 0 radical (unpaired) electrons. The Kier molecular flexibility index (Phi) is 5.76. The van der Waals surface area contributed by atoms with Gasteiger partial charge in [-0.2, -0.15) is 0 Å². The largest absolute Gasteiger partial charge is 0.455 e. The van der Waals surface area contributed by atoms with E-state index in [2.05, 4.69) is 70.5 Å². The molecule has 11 aromatic rings. The number of para-hydroxylation sites is 5. The van der Waals surface area contributed by atoms with Crippen LogP contribution in [0.15, 0.2) is 197 Å². The fourth-order valence-corrected chi connectivity index (χ4v) is 7.87. The van der Waals surface area contributed by atoms with Gasteiger partial charge < -0.3 is 18.7 Å². The van der Waals surface area contributed by atoms with E-state index in [0.717, 1.165) is 88.6 Å². The lowest BCUT2D eigenvalue weighted by Crippen LogP contribution is -1.95. The Hall–Kier alpha value is -7.30. The van der Waals surface area contributed by atoms with Gasteiger partial charge in [0.05, 0.1) is 12.4 Å². The third-order valence-electron chi connectivity index (χ3n) is 10.3. The lowest BCUT2D eigenvalue weighted by atomic mass is 9.95. The average Bonchev–Trinajstić information content (AvgIpc) is 3.95. The van der Waals surface area contributed by atoms with Gasteiger partial charge in [0.2, 0.25) is 0 Å². The van der Waals surface area contributed by atoms with Crippen LogP contribution in [0.4, 0.5) is 11.4 Å². The van der Waals surface area contributed by atoms with E-state index in [1.807, 2.05) is 91.0 Å². The molecular weight excluding hydrogens is 661 g/mol. The lowest BCUT2D eigenvalue weighted by Gasteiger charge is -2.16. The molecule has 254 valence electrons. The van der Waals surface area contributed by atoms with Gasteiger partial charge in [-0.25, -0.2) is 0 Å². The van der Waals surface area contributed by atoms with Gasteiger partial charge in [-0.05, 0) is 77.4 Å². The maximum atomic E-state index is 8.75. The molecule has 0 fully saturated rings. The summed E-state index contributed by atoms with van der Waals surface area (Å²) in [6.45, 7) is 0. The zero-order valence-electron chi connectivity index (χ0n) is 33.8. The van der Waals surface area contributed by atoms with Crippen molar-refractivity contribution in [1.82, 2.24) is 4.57 Å². The summed E-state index contributed by atoms with van der Waals surface area (Å²) in [5, 5.41) is 7.67. The van der Waals surface area contributed by atoms with Gasteiger partial charge in [-0.3, -0.25) is 0 Å². The van der Waals surface area contributed by atoms with Crippen molar-refractivity contribution in [3.05, 3.63) is 188 Å². The first-order valence-electron chi connectivity index (χ1n) is 20.4. The molecule has 0 saturated carbocycles. The van der Waals surface area contributed by atoms with Gasteiger partial charge in [-0.1, -0.05) is 127 Å². The molecule has 0 bridgehead atoms. The van der Waals surface area contributed by atoms with Crippen molar-refractivity contribution >= 4 is 66.3 Å². The molecule has 0 aliphatic heterocycles. The summed E-state index contributed by atoms with van der Waals surface area (Å²) in [7, 11) is 0. The summed E-state index contributed by atoms with van der Waals surface area (Å²) in [6, 6.07) is 50.9. The molecule has 3 heterocycles. The van der Waals surface area contributed by atoms with Crippen LogP contribution >= 0.6 is 0 Å². The van der Waals surface area contributed by atoms with Crippen molar-refractivity contribution in [1.29, 1.82) is 0 Å². The molecule has 1 N–H and O–H groups in total. The number of rotatable bonds is 6. The lowest BCUT2D eigenvalue weighted by molar-refractivity contribution is 0.670. The van der Waals surface area contributed by atoms with Crippen molar-refractivity contribution in [3.63, 3.8) is 0 Å². The van der Waals surface area contributed by atoms with E-state index in [4.69, 9.17) is 15.7 Å². The van der Waals surface area contributed by atoms with Gasteiger partial charge in [0.25, 0.3) is 0 Å². The fourth-order valence-electron chi connectivity index (χ4n) is 7.87. The predicted molar refractivity (Wildman–Crippen MR) is 224 cm³/mol. The molecule has 0 atom stereocenters. The van der Waals surface area contributed by atoms with Gasteiger partial charge in [0.15, 0.2) is 5.58 Å². The average molecular weight is 698 g/mol. The molecule has 8 aromatic carbocycles. The molecule has 11 rings (SSSR count). The Morgan fingerprint density at radius 3 is 2.07 bits per heavy atom. The first-order chi connectivity index (χ1) is 28.9. The Bertz CT molecular complexity index is 3460. The predicted octanol–water partition coefficient (Wildman–Crippen LogP) is 14.2. The van der Waals surface area contributed by atoms with Crippen LogP contribution in [0.5, 0.6) is 0 Å². The Balaban J connectivity index is 1.07. The molecule has 3 aromatic heterocycles. The van der Waals surface area contributed by atoms with Crippen molar-refractivity contribution in [3.8, 4) is 39.1 Å². The summed E-state index contributed by atoms with van der Waals surface area (Å²) in [5.41, 5.74) is 11.9. The van der Waals surface area contributed by atoms with Gasteiger partial charge in [0.1, 0.15) is 22.3 Å². The molecule has 0 spiro atoms. The number of fused-ring (bicyclic) bond motifs is 8. The zero-order chi connectivity index (χ0) is 39.9. The van der Waals surface area contributed by atoms with E-state index < -0.39 is 6.04 Å². The fraction of sp³-hybridized carbons (Fsp3) is 0. The molecular formula is C50H32N2O2. The standard InChI is InChI=1S/C50H32N2O2/c1-3-14-32(15-4-1)33-28-29-44(43(31-33)40-24-13-23-39-38-20-8-10-27-46(38)53-49(39)40)51-35-17-11-16-34(30-35)37-22-12-25-42-47-50(54-48(37)42)41-21-7-9-26-45(41)52(47)36-18-5-2-6-19-36/h1-31,51H/i1D,3D,4D,14D,15D. The Morgan fingerprint density at radius 2 is 1.19 bits per heavy atom. The van der Waals surface area contributed by atoms with E-state index in [0.29, 0.717) is 11.1 Å². The molecule has 0 aliphatic rings. The molecule has 0 unspecified atom stereocenters. The van der Waals surface area contributed by atoms with E-state index in [1.165, 1.54) is 0 Å². The summed E-state index contributed by atoms with van der Waals surface area (Å²) < 4.78 is 58.0. The summed E-state index contributed by atoms with van der Waals surface area (Å²) in [5.74, 6) is 0. The first-order valence-corrected chi connectivity index (χ1v) is 17.9. The maximum absolute atomic E-state index is 8.75. The highest BCUT2D eigenvalue weighted by Crippen LogP contribution is 2.44. The second kappa shape index (κ2) is 12.1. The number of nitrogens with zero attached hydrogens (tertiary/aromatic N) is 1. The number of nitrogens with one attached hydrogen (secondary N) is 1. The third kappa shape index (κ3) is 4.78. The molecule has 54 heavy (non-hydrogen) atoms. The topological polar surface area (TPSA) is 43.2 Å². The summed E-state index contributed by atoms with van der Waals surface area (Å²) in [4.78, 5) is 0. The second-order valence-electron chi connectivity index (χ2n) is 13.4. The van der Waals surface area contributed by atoms with E-state index in [1.54, 1.807) is 6.07 Å². The SMILES string of the molecule is [2H]c1c([2H])c([2H])c(-c2ccc(Nc3cccc(-c4cccc5c4oc4c6ccccc6n(-c6ccccc6)c54)c3)c(-c3cccc4c3oc3ccccc34)c2)c([2H])c1[2H]. The highest BCUT2D eigenvalue weighted by atomic mass is 16.3. The number of anilines is 2. The van der Waals surface area contributed by atoms with Crippen LogP contribution in [0.2, 0.25) is 0 Å². The minimum Gasteiger partial charge on any atom is -0.455 e. The molecule has 4 nitrogen and oxygen atoms in total. The monoisotopic (exact) mass is 697 g/mol. The molecule has 0 aliphatic carbocycles. The van der Waals surface area contributed by atoms with Crippen LogP contribution < -0.4 is 5.32 Å². The van der Waals surface area contributed by atoms with Crippen LogP contribution in [0.1, 0.15) is 6.85 Å². The Morgan fingerprint density at radius 1 is 0.463 bits per heavy atom. The minimum absolute atomic E-state index is 0.134. The highest BCUT2D eigenvalue weighted by molar-refractivity contribution is 6.18. The molecule has 4 heteroatoms. The number of aromatic nitrogens is 1. The smallest absolute Gasteiger partial charge is 0.161 e. The summed E-state index contributed by atoms with van der Waals surface area (Å²) >= 11 is 0. The van der Waals surface area contributed by atoms with Crippen LogP contribution in [-0.4, -0.2) is 4.57 Å². The van der Waals surface area contributed by atoms with E-state index >= 15 is 0 Å². The number of hydrogen-bond acceptors (Lipinski definition) is 3. The van der Waals surface area contributed by atoms with Crippen molar-refractivity contribution in [2.75, 3.05) is 5.32 Å². The third-order valence-corrected chi connectivity index (χ3v) is 10.3. The van der Waals surface area contributed by atoms with E-state index in [9.17, 15) is 0 Å². The summed E-state index contributed by atoms with van der Waals surface area (Å²) in [6.07, 6.45) is 0. The zero-order valence-corrected chi connectivity index (χ0v) is 28.8. The van der Waals surface area contributed by atoms with Gasteiger partial charge in [-0.15, -0.1) is 0 Å². The van der Waals surface area contributed by atoms with Crippen molar-refractivity contribution in [2.24, 2.45) is 0 Å². The van der Waals surface area contributed by atoms with Crippen LogP contribution in [0.3, 0.4) is 0 Å². The van der Waals surface area contributed by atoms with Crippen LogP contribution in [0.25, 0.3) is 94.0 Å². The van der Waals surface area contributed by atoms with Crippen LogP contribution in [0, 0.1) is 0 Å². The van der Waals surface area contributed by atoms with Crippen molar-refractivity contribution in [2.45, 2.75) is 0 Å². The molecule has 0 amide bonds.